The first-order valence-electron chi connectivity index (χ1n) is 5.89. The fourth-order valence-corrected chi connectivity index (χ4v) is 2.09. The third kappa shape index (κ3) is 2.92. The van der Waals surface area contributed by atoms with Crippen molar-refractivity contribution in [3.05, 3.63) is 23.8 Å². The third-order valence-corrected chi connectivity index (χ3v) is 2.99. The molecule has 1 saturated heterocycles. The van der Waals surface area contributed by atoms with E-state index in [1.807, 2.05) is 18.2 Å². The van der Waals surface area contributed by atoms with Crippen LogP contribution in [0.5, 0.6) is 5.75 Å². The topological polar surface area (TPSA) is 71.5 Å². The summed E-state index contributed by atoms with van der Waals surface area (Å²) in [5.41, 5.74) is 7.55. The first-order valence-corrected chi connectivity index (χ1v) is 5.89. The molecule has 0 saturated carbocycles. The van der Waals surface area contributed by atoms with Gasteiger partial charge in [-0.05, 0) is 18.2 Å². The first kappa shape index (κ1) is 12.7. The Morgan fingerprint density at radius 1 is 1.61 bits per heavy atom. The van der Waals surface area contributed by atoms with Crippen LogP contribution < -0.4 is 10.5 Å². The smallest absolute Gasteiger partial charge is 0.156 e. The number of hydrogen-bond acceptors (Lipinski definition) is 5. The normalized spacial score (nSPS) is 20.3. The van der Waals surface area contributed by atoms with Gasteiger partial charge >= 0.3 is 0 Å². The van der Waals surface area contributed by atoms with Crippen molar-refractivity contribution in [2.45, 2.75) is 12.6 Å². The summed E-state index contributed by atoms with van der Waals surface area (Å²) in [4.78, 5) is 2.18. The molecular formula is C13H17N3O2. The second kappa shape index (κ2) is 5.71. The van der Waals surface area contributed by atoms with Gasteiger partial charge in [0.2, 0.25) is 0 Å². The van der Waals surface area contributed by atoms with E-state index in [4.69, 9.17) is 20.5 Å². The van der Waals surface area contributed by atoms with E-state index in [0.717, 1.165) is 30.1 Å². The lowest BCUT2D eigenvalue weighted by Gasteiger charge is -2.30. The zero-order valence-corrected chi connectivity index (χ0v) is 10.4. The van der Waals surface area contributed by atoms with E-state index in [2.05, 4.69) is 11.0 Å². The minimum absolute atomic E-state index is 0.342. The van der Waals surface area contributed by atoms with Crippen LogP contribution in [0, 0.1) is 11.3 Å². The fourth-order valence-electron chi connectivity index (χ4n) is 2.09. The molecule has 96 valence electrons. The minimum Gasteiger partial charge on any atom is -0.496 e. The number of methoxy groups -OCH3 is 1. The molecule has 18 heavy (non-hydrogen) atoms. The van der Waals surface area contributed by atoms with E-state index >= 15 is 0 Å². The van der Waals surface area contributed by atoms with Gasteiger partial charge in [0.15, 0.2) is 6.10 Å². The summed E-state index contributed by atoms with van der Waals surface area (Å²) in [6.07, 6.45) is -0.342. The maximum Gasteiger partial charge on any atom is 0.156 e. The van der Waals surface area contributed by atoms with E-state index in [9.17, 15) is 0 Å². The van der Waals surface area contributed by atoms with Gasteiger partial charge in [-0.15, -0.1) is 0 Å². The van der Waals surface area contributed by atoms with Crippen molar-refractivity contribution in [1.29, 1.82) is 5.26 Å². The van der Waals surface area contributed by atoms with E-state index in [-0.39, 0.29) is 6.10 Å². The fraction of sp³-hybridized carbons (Fsp3) is 0.462. The van der Waals surface area contributed by atoms with Crippen LogP contribution in [-0.2, 0) is 11.3 Å². The molecule has 2 N–H and O–H groups in total. The summed E-state index contributed by atoms with van der Waals surface area (Å²) in [7, 11) is 1.65. The van der Waals surface area contributed by atoms with Crippen LogP contribution in [0.2, 0.25) is 0 Å². The van der Waals surface area contributed by atoms with Crippen LogP contribution >= 0.6 is 0 Å². The Kier molecular flexibility index (Phi) is 4.03. The number of benzene rings is 1. The molecule has 0 radical (unpaired) electrons. The monoisotopic (exact) mass is 247 g/mol. The number of anilines is 1. The predicted molar refractivity (Wildman–Crippen MR) is 68.0 cm³/mol. The quantitative estimate of drug-likeness (QED) is 0.807. The molecule has 2 rings (SSSR count). The van der Waals surface area contributed by atoms with E-state index in [1.165, 1.54) is 0 Å². The van der Waals surface area contributed by atoms with Gasteiger partial charge in [-0.2, -0.15) is 5.26 Å². The largest absolute Gasteiger partial charge is 0.496 e. The molecule has 5 nitrogen and oxygen atoms in total. The van der Waals surface area contributed by atoms with Crippen LogP contribution in [0.25, 0.3) is 0 Å². The Morgan fingerprint density at radius 2 is 2.44 bits per heavy atom. The third-order valence-electron chi connectivity index (χ3n) is 2.99. The molecule has 0 spiro atoms. The average Bonchev–Trinajstić information content (AvgIpc) is 2.39. The predicted octanol–water partition coefficient (Wildman–Crippen LogP) is 1.00. The number of nitrogen functional groups attached to an aromatic ring is 1. The highest BCUT2D eigenvalue weighted by atomic mass is 16.5. The Labute approximate surface area is 107 Å². The number of hydrogen-bond donors (Lipinski definition) is 1. The molecule has 1 atom stereocenters. The lowest BCUT2D eigenvalue weighted by Crippen LogP contribution is -2.41. The number of ether oxygens (including phenoxy) is 2. The van der Waals surface area contributed by atoms with Gasteiger partial charge < -0.3 is 15.2 Å². The van der Waals surface area contributed by atoms with Crippen LogP contribution in [0.3, 0.4) is 0 Å². The molecule has 1 heterocycles. The van der Waals surface area contributed by atoms with Gasteiger partial charge in [-0.3, -0.25) is 4.90 Å². The molecule has 1 aromatic rings. The van der Waals surface area contributed by atoms with Gasteiger partial charge in [0.05, 0.1) is 19.8 Å². The minimum atomic E-state index is -0.342. The van der Waals surface area contributed by atoms with Crippen LogP contribution in [0.1, 0.15) is 5.56 Å². The number of morpholine rings is 1. The van der Waals surface area contributed by atoms with Crippen molar-refractivity contribution < 1.29 is 9.47 Å². The second-order valence-electron chi connectivity index (χ2n) is 4.29. The van der Waals surface area contributed by atoms with Crippen molar-refractivity contribution in [3.63, 3.8) is 0 Å². The number of nitrogens with two attached hydrogens (primary N) is 1. The van der Waals surface area contributed by atoms with Crippen molar-refractivity contribution >= 4 is 5.69 Å². The van der Waals surface area contributed by atoms with Crippen LogP contribution in [0.15, 0.2) is 18.2 Å². The molecule has 1 aromatic carbocycles. The molecule has 1 unspecified atom stereocenters. The molecule has 1 aliphatic rings. The van der Waals surface area contributed by atoms with E-state index < -0.39 is 0 Å². The summed E-state index contributed by atoms with van der Waals surface area (Å²) < 4.78 is 10.6. The van der Waals surface area contributed by atoms with Crippen molar-refractivity contribution in [1.82, 2.24) is 4.90 Å². The molecule has 0 aliphatic carbocycles. The van der Waals surface area contributed by atoms with E-state index in [1.54, 1.807) is 7.11 Å². The molecule has 1 fully saturated rings. The van der Waals surface area contributed by atoms with Crippen LogP contribution in [-0.4, -0.2) is 37.8 Å². The van der Waals surface area contributed by atoms with Gasteiger partial charge in [-0.1, -0.05) is 0 Å². The van der Waals surface area contributed by atoms with Crippen molar-refractivity contribution in [2.24, 2.45) is 0 Å². The second-order valence-corrected chi connectivity index (χ2v) is 4.29. The van der Waals surface area contributed by atoms with Crippen LogP contribution in [0.4, 0.5) is 5.69 Å². The number of rotatable bonds is 3. The molecular weight excluding hydrogens is 230 g/mol. The lowest BCUT2D eigenvalue weighted by molar-refractivity contribution is -0.00290. The van der Waals surface area contributed by atoms with Crippen molar-refractivity contribution in [2.75, 3.05) is 32.5 Å². The molecule has 0 aromatic heterocycles. The SMILES string of the molecule is COc1ccc(N)cc1CN1CCOC(C#N)C1. The number of nitrogens with zero attached hydrogens (tertiary/aromatic N) is 2. The number of nitriles is 1. The molecule has 0 amide bonds. The molecule has 5 heteroatoms. The Morgan fingerprint density at radius 3 is 3.17 bits per heavy atom. The Bertz CT molecular complexity index is 456. The van der Waals surface area contributed by atoms with Gasteiger partial charge in [0, 0.05) is 30.9 Å². The van der Waals surface area contributed by atoms with Gasteiger partial charge in [0.1, 0.15) is 5.75 Å². The zero-order chi connectivity index (χ0) is 13.0. The maximum absolute atomic E-state index is 8.87. The Balaban J connectivity index is 2.09. The van der Waals surface area contributed by atoms with Gasteiger partial charge in [-0.25, -0.2) is 0 Å². The average molecular weight is 247 g/mol. The first-order chi connectivity index (χ1) is 8.72. The standard InChI is InChI=1S/C13H17N3O2/c1-17-13-3-2-11(15)6-10(13)8-16-4-5-18-12(7-14)9-16/h2-3,6,12H,4-5,8-9,15H2,1H3. The highest BCUT2D eigenvalue weighted by Crippen LogP contribution is 2.23. The molecule has 0 bridgehead atoms. The maximum atomic E-state index is 8.87. The summed E-state index contributed by atoms with van der Waals surface area (Å²) in [6.45, 7) is 2.74. The highest BCUT2D eigenvalue weighted by Gasteiger charge is 2.20. The lowest BCUT2D eigenvalue weighted by atomic mass is 10.1. The summed E-state index contributed by atoms with van der Waals surface area (Å²) >= 11 is 0. The van der Waals surface area contributed by atoms with Gasteiger partial charge in [0.25, 0.3) is 0 Å². The Hall–Kier alpha value is -1.77. The molecule has 1 aliphatic heterocycles. The highest BCUT2D eigenvalue weighted by molar-refractivity contribution is 5.47. The zero-order valence-electron chi connectivity index (χ0n) is 10.4. The van der Waals surface area contributed by atoms with E-state index in [0.29, 0.717) is 13.2 Å². The summed E-state index contributed by atoms with van der Waals surface area (Å²) in [5.74, 6) is 0.823. The summed E-state index contributed by atoms with van der Waals surface area (Å²) in [6, 6.07) is 7.74. The van der Waals surface area contributed by atoms with Crippen molar-refractivity contribution in [3.8, 4) is 11.8 Å². The summed E-state index contributed by atoms with van der Waals surface area (Å²) in [5, 5.41) is 8.87.